The van der Waals surface area contributed by atoms with E-state index >= 15 is 0 Å². The Morgan fingerprint density at radius 2 is 1.57 bits per heavy atom. The number of rotatable bonds is 3. The number of aliphatic hydroxyl groups excluding tert-OH is 4. The molecule has 2 rings (SSSR count). The lowest BCUT2D eigenvalue weighted by Gasteiger charge is -2.39. The SMILES string of the molecule is OC[C@H]1O[C@@H](Oc2c(Br)cc(Br)cc2Br)[C@H](O)[C@@H](O)[C@@H]1O. The van der Waals surface area contributed by atoms with Crippen molar-refractivity contribution >= 4 is 47.8 Å². The van der Waals surface area contributed by atoms with Crippen LogP contribution in [0, 0.1) is 0 Å². The van der Waals surface area contributed by atoms with Gasteiger partial charge < -0.3 is 29.9 Å². The van der Waals surface area contributed by atoms with Gasteiger partial charge in [0, 0.05) is 4.47 Å². The second kappa shape index (κ2) is 7.22. The molecular formula is C12H13Br3O6. The van der Waals surface area contributed by atoms with Crippen LogP contribution in [-0.2, 0) is 4.74 Å². The summed E-state index contributed by atoms with van der Waals surface area (Å²) in [6.07, 6.45) is -6.59. The van der Waals surface area contributed by atoms with Crippen LogP contribution in [0.25, 0.3) is 0 Å². The van der Waals surface area contributed by atoms with Crippen molar-refractivity contribution in [3.8, 4) is 5.75 Å². The fraction of sp³-hybridized carbons (Fsp3) is 0.500. The molecule has 6 nitrogen and oxygen atoms in total. The summed E-state index contributed by atoms with van der Waals surface area (Å²) in [5, 5.41) is 38.5. The van der Waals surface area contributed by atoms with Gasteiger partial charge in [-0.25, -0.2) is 0 Å². The second-order valence-corrected chi connectivity index (χ2v) is 7.14. The number of hydrogen-bond acceptors (Lipinski definition) is 6. The zero-order valence-electron chi connectivity index (χ0n) is 10.5. The minimum atomic E-state index is -1.48. The van der Waals surface area contributed by atoms with Crippen LogP contribution in [0.15, 0.2) is 25.6 Å². The van der Waals surface area contributed by atoms with E-state index in [-0.39, 0.29) is 0 Å². The Morgan fingerprint density at radius 3 is 2.10 bits per heavy atom. The molecule has 1 aliphatic heterocycles. The highest BCUT2D eigenvalue weighted by molar-refractivity contribution is 9.11. The molecule has 5 atom stereocenters. The Bertz CT molecular complexity index is 489. The van der Waals surface area contributed by atoms with Crippen LogP contribution < -0.4 is 4.74 Å². The largest absolute Gasteiger partial charge is 0.460 e. The lowest BCUT2D eigenvalue weighted by molar-refractivity contribution is -0.277. The fourth-order valence-corrected chi connectivity index (χ4v) is 4.37. The molecule has 1 fully saturated rings. The monoisotopic (exact) mass is 490 g/mol. The number of hydrogen-bond donors (Lipinski definition) is 4. The van der Waals surface area contributed by atoms with Crippen LogP contribution in [0.2, 0.25) is 0 Å². The molecule has 0 bridgehead atoms. The van der Waals surface area contributed by atoms with Crippen molar-refractivity contribution in [2.75, 3.05) is 6.61 Å². The zero-order valence-corrected chi connectivity index (χ0v) is 15.2. The number of benzene rings is 1. The molecule has 118 valence electrons. The van der Waals surface area contributed by atoms with Crippen LogP contribution in [0.4, 0.5) is 0 Å². The van der Waals surface area contributed by atoms with E-state index < -0.39 is 37.3 Å². The van der Waals surface area contributed by atoms with E-state index in [4.69, 9.17) is 14.6 Å². The highest BCUT2D eigenvalue weighted by Gasteiger charge is 2.45. The molecule has 1 aromatic carbocycles. The molecule has 0 amide bonds. The maximum Gasteiger partial charge on any atom is 0.229 e. The molecule has 1 aromatic rings. The predicted octanol–water partition coefficient (Wildman–Crippen LogP) is 1.15. The Kier molecular flexibility index (Phi) is 6.06. The fourth-order valence-electron chi connectivity index (χ4n) is 1.92. The van der Waals surface area contributed by atoms with Gasteiger partial charge in [-0.2, -0.15) is 0 Å². The first-order valence-electron chi connectivity index (χ1n) is 5.97. The van der Waals surface area contributed by atoms with Crippen LogP contribution in [0.1, 0.15) is 0 Å². The average Bonchev–Trinajstić information content (AvgIpc) is 2.42. The normalized spacial score (nSPS) is 33.0. The zero-order chi connectivity index (χ0) is 15.7. The molecule has 1 saturated heterocycles. The molecule has 0 spiro atoms. The van der Waals surface area contributed by atoms with E-state index in [2.05, 4.69) is 47.8 Å². The van der Waals surface area contributed by atoms with Crippen LogP contribution in [0.3, 0.4) is 0 Å². The molecule has 9 heteroatoms. The first kappa shape index (κ1) is 17.6. The number of ether oxygens (including phenoxy) is 2. The molecule has 0 saturated carbocycles. The maximum absolute atomic E-state index is 9.94. The molecule has 0 aliphatic carbocycles. The third-order valence-corrected chi connectivity index (χ3v) is 4.68. The van der Waals surface area contributed by atoms with Crippen molar-refractivity contribution in [3.05, 3.63) is 25.6 Å². The molecule has 0 unspecified atom stereocenters. The number of halogens is 3. The summed E-state index contributed by atoms with van der Waals surface area (Å²) in [4.78, 5) is 0. The average molecular weight is 493 g/mol. The quantitative estimate of drug-likeness (QED) is 0.505. The summed E-state index contributed by atoms with van der Waals surface area (Å²) < 4.78 is 12.9. The van der Waals surface area contributed by atoms with E-state index in [9.17, 15) is 15.3 Å². The van der Waals surface area contributed by atoms with Gasteiger partial charge >= 0.3 is 0 Å². The van der Waals surface area contributed by atoms with Crippen LogP contribution >= 0.6 is 47.8 Å². The van der Waals surface area contributed by atoms with Crippen molar-refractivity contribution in [1.82, 2.24) is 0 Å². The Balaban J connectivity index is 2.22. The third-order valence-electron chi connectivity index (χ3n) is 3.05. The lowest BCUT2D eigenvalue weighted by atomic mass is 9.99. The van der Waals surface area contributed by atoms with Crippen molar-refractivity contribution in [1.29, 1.82) is 0 Å². The molecular weight excluding hydrogens is 480 g/mol. The third kappa shape index (κ3) is 3.78. The van der Waals surface area contributed by atoms with E-state index in [1.807, 2.05) is 0 Å². The van der Waals surface area contributed by atoms with Gasteiger partial charge in [0.15, 0.2) is 5.75 Å². The van der Waals surface area contributed by atoms with Gasteiger partial charge in [0.2, 0.25) is 6.29 Å². The molecule has 21 heavy (non-hydrogen) atoms. The van der Waals surface area contributed by atoms with Crippen LogP contribution in [0.5, 0.6) is 5.75 Å². The van der Waals surface area contributed by atoms with Gasteiger partial charge in [-0.1, -0.05) is 15.9 Å². The number of aliphatic hydroxyl groups is 4. The van der Waals surface area contributed by atoms with Crippen molar-refractivity contribution in [3.63, 3.8) is 0 Å². The van der Waals surface area contributed by atoms with Crippen molar-refractivity contribution in [2.45, 2.75) is 30.7 Å². The van der Waals surface area contributed by atoms with Crippen molar-refractivity contribution in [2.24, 2.45) is 0 Å². The predicted molar refractivity (Wildman–Crippen MR) is 83.9 cm³/mol. The van der Waals surface area contributed by atoms with Gasteiger partial charge in [-0.3, -0.25) is 0 Å². The van der Waals surface area contributed by atoms with Gasteiger partial charge in [0.1, 0.15) is 24.4 Å². The topological polar surface area (TPSA) is 99.4 Å². The summed E-state index contributed by atoms with van der Waals surface area (Å²) in [6, 6.07) is 3.48. The van der Waals surface area contributed by atoms with Gasteiger partial charge in [-0.05, 0) is 44.0 Å². The van der Waals surface area contributed by atoms with Gasteiger partial charge in [0.05, 0.1) is 15.6 Å². The van der Waals surface area contributed by atoms with E-state index in [1.165, 1.54) is 0 Å². The summed E-state index contributed by atoms with van der Waals surface area (Å²) in [5.74, 6) is 0.363. The first-order chi connectivity index (χ1) is 9.85. The highest BCUT2D eigenvalue weighted by Crippen LogP contribution is 2.38. The summed E-state index contributed by atoms with van der Waals surface area (Å²) >= 11 is 9.96. The molecule has 0 aromatic heterocycles. The van der Waals surface area contributed by atoms with E-state index in [0.29, 0.717) is 14.7 Å². The molecule has 1 aliphatic rings. The van der Waals surface area contributed by atoms with Crippen molar-refractivity contribution < 1.29 is 29.9 Å². The highest BCUT2D eigenvalue weighted by atomic mass is 79.9. The lowest BCUT2D eigenvalue weighted by Crippen LogP contribution is -2.60. The Labute approximate surface area is 146 Å². The molecule has 0 radical (unpaired) electrons. The standard InChI is InChI=1S/C12H13Br3O6/c13-4-1-5(14)11(6(15)2-4)21-12-10(19)9(18)8(17)7(3-16)20-12/h1-2,7-10,12,16-19H,3H2/t7-,8-,9+,10-,12+/m1/s1. The summed E-state index contributed by atoms with van der Waals surface area (Å²) in [5.41, 5.74) is 0. The second-order valence-electron chi connectivity index (χ2n) is 4.51. The summed E-state index contributed by atoms with van der Waals surface area (Å²) in [7, 11) is 0. The first-order valence-corrected chi connectivity index (χ1v) is 8.34. The minimum absolute atomic E-state index is 0.363. The Hall–Kier alpha value is 0.260. The minimum Gasteiger partial charge on any atom is -0.460 e. The van der Waals surface area contributed by atoms with Gasteiger partial charge in [0.25, 0.3) is 0 Å². The van der Waals surface area contributed by atoms with E-state index in [1.54, 1.807) is 12.1 Å². The molecule has 1 heterocycles. The Morgan fingerprint density at radius 1 is 1.00 bits per heavy atom. The maximum atomic E-state index is 9.94. The van der Waals surface area contributed by atoms with Crippen LogP contribution in [-0.4, -0.2) is 57.7 Å². The molecule has 4 N–H and O–H groups in total. The smallest absolute Gasteiger partial charge is 0.229 e. The van der Waals surface area contributed by atoms with E-state index in [0.717, 1.165) is 4.47 Å². The van der Waals surface area contributed by atoms with Gasteiger partial charge in [-0.15, -0.1) is 0 Å². The summed E-state index contributed by atoms with van der Waals surface area (Å²) in [6.45, 7) is -0.506.